The number of methoxy groups -OCH3 is 1. The minimum absolute atomic E-state index is 0.492. The number of halogens is 2. The van der Waals surface area contributed by atoms with Gasteiger partial charge in [0.1, 0.15) is 11.6 Å². The number of pyridine rings is 1. The third kappa shape index (κ3) is 4.24. The number of aryl methyl sites for hydroxylation is 1. The number of anilines is 4. The van der Waals surface area contributed by atoms with Crippen LogP contribution in [-0.2, 0) is 0 Å². The van der Waals surface area contributed by atoms with Gasteiger partial charge in [0.25, 0.3) is 0 Å². The number of rotatable bonds is 5. The van der Waals surface area contributed by atoms with Crippen molar-refractivity contribution >= 4 is 57.0 Å². The van der Waals surface area contributed by atoms with Gasteiger partial charge >= 0.3 is 0 Å². The summed E-state index contributed by atoms with van der Waals surface area (Å²) < 4.78 is 5.39. The fourth-order valence-electron chi connectivity index (χ4n) is 3.08. The Hall–Kier alpha value is -2.95. The van der Waals surface area contributed by atoms with Crippen molar-refractivity contribution in [2.75, 3.05) is 17.7 Å². The molecule has 0 fully saturated rings. The molecule has 0 spiro atoms. The average Bonchev–Trinajstić information content (AvgIpc) is 2.72. The van der Waals surface area contributed by atoms with Crippen molar-refractivity contribution in [1.29, 1.82) is 0 Å². The summed E-state index contributed by atoms with van der Waals surface area (Å²) in [6.45, 7) is 2.06. The molecule has 0 aliphatic heterocycles. The summed E-state index contributed by atoms with van der Waals surface area (Å²) >= 11 is 12.2. The van der Waals surface area contributed by atoms with E-state index in [4.69, 9.17) is 32.9 Å². The fourth-order valence-corrected chi connectivity index (χ4v) is 3.38. The van der Waals surface area contributed by atoms with E-state index in [1.807, 2.05) is 48.5 Å². The first-order valence-electron chi connectivity index (χ1n) is 9.07. The maximum Gasteiger partial charge on any atom is 0.133 e. The molecule has 4 rings (SSSR count). The number of ether oxygens (including phenoxy) is 1. The Morgan fingerprint density at radius 1 is 0.828 bits per heavy atom. The molecule has 3 aromatic carbocycles. The molecule has 0 atom stereocenters. The van der Waals surface area contributed by atoms with Crippen molar-refractivity contribution in [3.05, 3.63) is 82.3 Å². The lowest BCUT2D eigenvalue weighted by atomic mass is 10.1. The van der Waals surface area contributed by atoms with Gasteiger partial charge in [-0.3, -0.25) is 0 Å². The molecule has 146 valence electrons. The minimum Gasteiger partial charge on any atom is -0.497 e. The van der Waals surface area contributed by atoms with Crippen molar-refractivity contribution < 1.29 is 4.74 Å². The number of fused-ring (bicyclic) bond motifs is 1. The molecule has 0 saturated carbocycles. The lowest BCUT2D eigenvalue weighted by Gasteiger charge is -2.15. The van der Waals surface area contributed by atoms with Gasteiger partial charge in [-0.1, -0.05) is 41.4 Å². The van der Waals surface area contributed by atoms with E-state index in [0.29, 0.717) is 10.0 Å². The second kappa shape index (κ2) is 8.19. The van der Waals surface area contributed by atoms with Crippen LogP contribution in [0.15, 0.2) is 66.7 Å². The Balaban J connectivity index is 1.80. The van der Waals surface area contributed by atoms with Gasteiger partial charge < -0.3 is 15.4 Å². The van der Waals surface area contributed by atoms with E-state index in [2.05, 4.69) is 23.6 Å². The smallest absolute Gasteiger partial charge is 0.133 e. The second-order valence-electron chi connectivity index (χ2n) is 6.63. The predicted molar refractivity (Wildman–Crippen MR) is 123 cm³/mol. The zero-order valence-corrected chi connectivity index (χ0v) is 17.5. The molecule has 0 saturated heterocycles. The van der Waals surface area contributed by atoms with Crippen LogP contribution in [-0.4, -0.2) is 12.1 Å². The Kier molecular flexibility index (Phi) is 5.47. The number of hydrogen-bond acceptors (Lipinski definition) is 4. The molecular weight excluding hydrogens is 405 g/mol. The number of hydrogen-bond donors (Lipinski definition) is 2. The molecule has 0 aliphatic carbocycles. The molecule has 1 heterocycles. The van der Waals surface area contributed by atoms with Crippen LogP contribution >= 0.6 is 23.2 Å². The molecule has 2 N–H and O–H groups in total. The first-order chi connectivity index (χ1) is 14.0. The van der Waals surface area contributed by atoms with Gasteiger partial charge in [-0.05, 0) is 55.0 Å². The highest BCUT2D eigenvalue weighted by Crippen LogP contribution is 2.34. The topological polar surface area (TPSA) is 46.2 Å². The van der Waals surface area contributed by atoms with Gasteiger partial charge in [0.05, 0.1) is 28.4 Å². The van der Waals surface area contributed by atoms with Crippen molar-refractivity contribution in [3.8, 4) is 5.75 Å². The van der Waals surface area contributed by atoms with Gasteiger partial charge in [-0.2, -0.15) is 0 Å². The quantitative estimate of drug-likeness (QED) is 0.352. The van der Waals surface area contributed by atoms with E-state index in [1.54, 1.807) is 19.2 Å². The fraction of sp³-hybridized carbons (Fsp3) is 0.0870. The average molecular weight is 424 g/mol. The third-order valence-electron chi connectivity index (χ3n) is 4.62. The molecule has 0 amide bonds. The summed E-state index contributed by atoms with van der Waals surface area (Å²) in [7, 11) is 1.65. The second-order valence-corrected chi connectivity index (χ2v) is 7.45. The molecule has 6 heteroatoms. The molecule has 0 unspecified atom stereocenters. The van der Waals surface area contributed by atoms with Crippen molar-refractivity contribution in [2.45, 2.75) is 6.92 Å². The van der Waals surface area contributed by atoms with Gasteiger partial charge in [-0.15, -0.1) is 0 Å². The molecule has 4 nitrogen and oxygen atoms in total. The minimum atomic E-state index is 0.492. The van der Waals surface area contributed by atoms with Crippen molar-refractivity contribution in [3.63, 3.8) is 0 Å². The Bertz CT molecular complexity index is 1190. The Morgan fingerprint density at radius 2 is 1.66 bits per heavy atom. The van der Waals surface area contributed by atoms with E-state index >= 15 is 0 Å². The monoisotopic (exact) mass is 423 g/mol. The molecule has 29 heavy (non-hydrogen) atoms. The SMILES string of the molecule is COc1ccc2nc(Nc3ccccc3C)cc(Nc3ccc(Cl)c(Cl)c3)c2c1. The first kappa shape index (κ1) is 19.4. The van der Waals surface area contributed by atoms with Crippen LogP contribution in [0.3, 0.4) is 0 Å². The largest absolute Gasteiger partial charge is 0.497 e. The van der Waals surface area contributed by atoms with Crippen LogP contribution in [0.5, 0.6) is 5.75 Å². The third-order valence-corrected chi connectivity index (χ3v) is 5.36. The Morgan fingerprint density at radius 3 is 2.41 bits per heavy atom. The highest BCUT2D eigenvalue weighted by molar-refractivity contribution is 6.42. The van der Waals surface area contributed by atoms with Gasteiger partial charge in [0.2, 0.25) is 0 Å². The van der Waals surface area contributed by atoms with Crippen LogP contribution in [0.1, 0.15) is 5.56 Å². The van der Waals surface area contributed by atoms with Crippen LogP contribution in [0.2, 0.25) is 10.0 Å². The highest BCUT2D eigenvalue weighted by Gasteiger charge is 2.10. The Labute approximate surface area is 179 Å². The van der Waals surface area contributed by atoms with Gasteiger partial charge in [-0.25, -0.2) is 4.98 Å². The molecular formula is C23H19Cl2N3O. The van der Waals surface area contributed by atoms with Crippen LogP contribution < -0.4 is 15.4 Å². The molecule has 1 aromatic heterocycles. The van der Waals surface area contributed by atoms with E-state index < -0.39 is 0 Å². The van der Waals surface area contributed by atoms with Crippen LogP contribution in [0.4, 0.5) is 22.9 Å². The zero-order valence-electron chi connectivity index (χ0n) is 16.0. The van der Waals surface area contributed by atoms with E-state index in [0.717, 1.165) is 45.1 Å². The van der Waals surface area contributed by atoms with Gasteiger partial charge in [0, 0.05) is 22.8 Å². The normalized spacial score (nSPS) is 10.8. The summed E-state index contributed by atoms with van der Waals surface area (Å²) in [5, 5.41) is 8.78. The van der Waals surface area contributed by atoms with Crippen molar-refractivity contribution in [2.24, 2.45) is 0 Å². The van der Waals surface area contributed by atoms with Crippen molar-refractivity contribution in [1.82, 2.24) is 4.98 Å². The molecule has 4 aromatic rings. The summed E-state index contributed by atoms with van der Waals surface area (Å²) in [5.41, 5.74) is 4.70. The number of nitrogens with one attached hydrogen (secondary N) is 2. The molecule has 0 bridgehead atoms. The van der Waals surface area contributed by atoms with Gasteiger partial charge in [0.15, 0.2) is 0 Å². The lowest BCUT2D eigenvalue weighted by Crippen LogP contribution is -1.99. The predicted octanol–water partition coefficient (Wildman–Crippen LogP) is 7.35. The maximum atomic E-state index is 6.19. The standard InChI is InChI=1S/C23H19Cl2N3O/c1-14-5-3-4-6-20(14)27-23-13-22(26-15-7-9-18(24)19(25)11-15)17-12-16(29-2)8-10-21(17)28-23/h3-13H,1-2H3,(H2,26,27,28). The maximum absolute atomic E-state index is 6.19. The number of nitrogens with zero attached hydrogens (tertiary/aromatic N) is 1. The lowest BCUT2D eigenvalue weighted by molar-refractivity contribution is 0.415. The summed E-state index contributed by atoms with van der Waals surface area (Å²) in [6, 6.07) is 21.3. The highest BCUT2D eigenvalue weighted by atomic mass is 35.5. The number of benzene rings is 3. The van der Waals surface area contributed by atoms with Crippen LogP contribution in [0.25, 0.3) is 10.9 Å². The van der Waals surface area contributed by atoms with E-state index in [9.17, 15) is 0 Å². The zero-order chi connectivity index (χ0) is 20.4. The number of aromatic nitrogens is 1. The summed E-state index contributed by atoms with van der Waals surface area (Å²) in [6.07, 6.45) is 0. The summed E-state index contributed by atoms with van der Waals surface area (Å²) in [4.78, 5) is 4.77. The summed E-state index contributed by atoms with van der Waals surface area (Å²) in [5.74, 6) is 1.50. The number of para-hydroxylation sites is 1. The molecule has 0 aliphatic rings. The first-order valence-corrected chi connectivity index (χ1v) is 9.82. The van der Waals surface area contributed by atoms with E-state index in [1.165, 1.54) is 0 Å². The van der Waals surface area contributed by atoms with Crippen LogP contribution in [0, 0.1) is 6.92 Å². The molecule has 0 radical (unpaired) electrons. The van der Waals surface area contributed by atoms with E-state index in [-0.39, 0.29) is 0 Å².